The molecule has 11 heteroatoms. The van der Waals surface area contributed by atoms with Gasteiger partial charge in [0.2, 0.25) is 5.91 Å². The first kappa shape index (κ1) is 35.3. The second-order valence-electron chi connectivity index (χ2n) is 11.9. The highest BCUT2D eigenvalue weighted by molar-refractivity contribution is 5.99. The molecule has 0 bridgehead atoms. The maximum absolute atomic E-state index is 14.1. The summed E-state index contributed by atoms with van der Waals surface area (Å²) in [6.07, 6.45) is -4.44. The summed E-state index contributed by atoms with van der Waals surface area (Å²) in [5.41, 5.74) is 1.53. The number of benzene rings is 2. The van der Waals surface area contributed by atoms with Crippen LogP contribution in [0, 0.1) is 5.92 Å². The van der Waals surface area contributed by atoms with E-state index in [1.54, 1.807) is 17.9 Å². The smallest absolute Gasteiger partial charge is 0.389 e. The van der Waals surface area contributed by atoms with Gasteiger partial charge in [-0.25, -0.2) is 0 Å². The highest BCUT2D eigenvalue weighted by Gasteiger charge is 2.31. The fourth-order valence-electron chi connectivity index (χ4n) is 5.21. The number of fused-ring (bicyclic) bond motifs is 1. The second-order valence-corrected chi connectivity index (χ2v) is 11.9. The van der Waals surface area contributed by atoms with Crippen LogP contribution in [0.3, 0.4) is 0 Å². The lowest BCUT2D eigenvalue weighted by Gasteiger charge is -2.36. The van der Waals surface area contributed by atoms with E-state index in [9.17, 15) is 27.9 Å². The summed E-state index contributed by atoms with van der Waals surface area (Å²) in [5.74, 6) is -1.02. The number of nitrogens with one attached hydrogen (secondary N) is 1. The predicted octanol–water partition coefficient (Wildman–Crippen LogP) is 5.90. The molecule has 1 heterocycles. The van der Waals surface area contributed by atoms with Gasteiger partial charge < -0.3 is 24.8 Å². The molecule has 2 aromatic rings. The molecule has 0 radical (unpaired) electrons. The zero-order valence-electron chi connectivity index (χ0n) is 26.1. The minimum atomic E-state index is -4.45. The summed E-state index contributed by atoms with van der Waals surface area (Å²) in [5, 5.41) is 12.6. The molecule has 0 fully saturated rings. The van der Waals surface area contributed by atoms with E-state index in [4.69, 9.17) is 9.47 Å². The number of carbonyl (C=O) groups excluding carboxylic acids is 2. The van der Waals surface area contributed by atoms with E-state index >= 15 is 0 Å². The van der Waals surface area contributed by atoms with Crippen LogP contribution < -0.4 is 10.1 Å². The molecule has 0 saturated heterocycles. The number of hydrogen-bond acceptors (Lipinski definition) is 6. The largest absolute Gasteiger partial charge is 0.490 e. The Morgan fingerprint density at radius 2 is 1.89 bits per heavy atom. The molecular formula is C33H46F3N3O5. The van der Waals surface area contributed by atoms with Gasteiger partial charge in [-0.15, -0.1) is 0 Å². The summed E-state index contributed by atoms with van der Waals surface area (Å²) in [6.45, 7) is 7.62. The van der Waals surface area contributed by atoms with Crippen molar-refractivity contribution >= 4 is 17.5 Å². The molecule has 44 heavy (non-hydrogen) atoms. The SMILES string of the molecule is C[C@@H]1CCCCO[C@H](CN(C)Cc2ccccc2)[C@@H](C)CN([C@@H](C)CO)C(=O)c2cc(NC(=O)CCC(F)(F)F)ccc2O1. The third-order valence-electron chi connectivity index (χ3n) is 7.76. The average molecular weight is 622 g/mol. The normalized spacial score (nSPS) is 21.2. The van der Waals surface area contributed by atoms with Crippen LogP contribution in [0.1, 0.15) is 68.8 Å². The van der Waals surface area contributed by atoms with Gasteiger partial charge in [-0.2, -0.15) is 13.2 Å². The van der Waals surface area contributed by atoms with Gasteiger partial charge in [0.15, 0.2) is 0 Å². The molecular weight excluding hydrogens is 575 g/mol. The molecule has 2 aromatic carbocycles. The Labute approximate surface area is 258 Å². The number of aliphatic hydroxyl groups is 1. The lowest BCUT2D eigenvalue weighted by molar-refractivity contribution is -0.142. The van der Waals surface area contributed by atoms with E-state index in [1.807, 2.05) is 39.1 Å². The van der Waals surface area contributed by atoms with Crippen molar-refractivity contribution in [1.29, 1.82) is 0 Å². The van der Waals surface area contributed by atoms with E-state index in [2.05, 4.69) is 22.3 Å². The Hall–Kier alpha value is -3.15. The average Bonchev–Trinajstić information content (AvgIpc) is 2.97. The molecule has 1 aliphatic rings. The second kappa shape index (κ2) is 16.8. The van der Waals surface area contributed by atoms with Crippen molar-refractivity contribution in [3.05, 3.63) is 59.7 Å². The fourth-order valence-corrected chi connectivity index (χ4v) is 5.21. The quantitative estimate of drug-likeness (QED) is 0.363. The molecule has 244 valence electrons. The summed E-state index contributed by atoms with van der Waals surface area (Å²) >= 11 is 0. The summed E-state index contributed by atoms with van der Waals surface area (Å²) in [6, 6.07) is 14.1. The van der Waals surface area contributed by atoms with Crippen molar-refractivity contribution < 1.29 is 37.3 Å². The lowest BCUT2D eigenvalue weighted by Crippen LogP contribution is -2.47. The standard InChI is InChI=1S/C33H46F3N3O5/c1-23-19-39(24(2)22-40)32(42)28-18-27(37-31(41)15-16-33(34,35)36)13-14-29(28)44-25(3)10-8-9-17-43-30(23)21-38(4)20-26-11-6-5-7-12-26/h5-7,11-14,18,23-25,30,40H,8-10,15-17,19-22H2,1-4H3,(H,37,41)/t23-,24-,25+,30+/m0/s1. The molecule has 1 aliphatic heterocycles. The van der Waals surface area contributed by atoms with E-state index in [-0.39, 0.29) is 42.5 Å². The Bertz CT molecular complexity index is 1200. The van der Waals surface area contributed by atoms with Gasteiger partial charge in [0.05, 0.1) is 36.8 Å². The van der Waals surface area contributed by atoms with Crippen molar-refractivity contribution in [2.75, 3.05) is 38.7 Å². The molecule has 0 aliphatic carbocycles. The van der Waals surface area contributed by atoms with Crippen LogP contribution in [0.5, 0.6) is 5.75 Å². The minimum Gasteiger partial charge on any atom is -0.490 e. The number of carbonyl (C=O) groups is 2. The summed E-state index contributed by atoms with van der Waals surface area (Å²) < 4.78 is 50.5. The van der Waals surface area contributed by atoms with Crippen LogP contribution in [-0.4, -0.2) is 84.5 Å². The molecule has 8 nitrogen and oxygen atoms in total. The van der Waals surface area contributed by atoms with Crippen molar-refractivity contribution in [2.24, 2.45) is 5.92 Å². The van der Waals surface area contributed by atoms with E-state index in [0.717, 1.165) is 25.8 Å². The van der Waals surface area contributed by atoms with Crippen LogP contribution in [-0.2, 0) is 16.1 Å². The summed E-state index contributed by atoms with van der Waals surface area (Å²) in [4.78, 5) is 30.2. The Kier molecular flexibility index (Phi) is 13.5. The van der Waals surface area contributed by atoms with Crippen LogP contribution in [0.15, 0.2) is 48.5 Å². The number of alkyl halides is 3. The lowest BCUT2D eigenvalue weighted by atomic mass is 10.0. The molecule has 0 spiro atoms. The first-order valence-corrected chi connectivity index (χ1v) is 15.3. The third kappa shape index (κ3) is 11.4. The minimum absolute atomic E-state index is 0.109. The number of ether oxygens (including phenoxy) is 2. The van der Waals surface area contributed by atoms with Gasteiger partial charge in [0, 0.05) is 44.3 Å². The Morgan fingerprint density at radius 3 is 2.57 bits per heavy atom. The number of anilines is 1. The van der Waals surface area contributed by atoms with Gasteiger partial charge in [-0.1, -0.05) is 37.3 Å². The van der Waals surface area contributed by atoms with E-state index in [1.165, 1.54) is 17.7 Å². The van der Waals surface area contributed by atoms with Crippen LogP contribution in [0.4, 0.5) is 18.9 Å². The van der Waals surface area contributed by atoms with Crippen molar-refractivity contribution in [1.82, 2.24) is 9.80 Å². The predicted molar refractivity (Wildman–Crippen MR) is 164 cm³/mol. The Morgan fingerprint density at radius 1 is 1.16 bits per heavy atom. The first-order chi connectivity index (χ1) is 20.9. The van der Waals surface area contributed by atoms with Crippen LogP contribution in [0.25, 0.3) is 0 Å². The number of rotatable bonds is 9. The molecule has 0 unspecified atom stereocenters. The van der Waals surface area contributed by atoms with Crippen LogP contribution >= 0.6 is 0 Å². The topological polar surface area (TPSA) is 91.3 Å². The number of aliphatic hydroxyl groups excluding tert-OH is 1. The molecule has 0 saturated carbocycles. The summed E-state index contributed by atoms with van der Waals surface area (Å²) in [7, 11) is 2.04. The first-order valence-electron chi connectivity index (χ1n) is 15.3. The van der Waals surface area contributed by atoms with Crippen LogP contribution in [0.2, 0.25) is 0 Å². The molecule has 4 atom stereocenters. The number of halogens is 3. The number of nitrogens with zero attached hydrogens (tertiary/aromatic N) is 2. The van der Waals surface area contributed by atoms with Gasteiger partial charge >= 0.3 is 6.18 Å². The number of amides is 2. The Balaban J connectivity index is 1.89. The van der Waals surface area contributed by atoms with E-state index < -0.39 is 36.9 Å². The molecule has 2 N–H and O–H groups in total. The van der Waals surface area contributed by atoms with Crippen molar-refractivity contribution in [3.63, 3.8) is 0 Å². The van der Waals surface area contributed by atoms with E-state index in [0.29, 0.717) is 18.9 Å². The molecule has 3 rings (SSSR count). The fraction of sp³-hybridized carbons (Fsp3) is 0.576. The third-order valence-corrected chi connectivity index (χ3v) is 7.76. The highest BCUT2D eigenvalue weighted by atomic mass is 19.4. The molecule has 2 amide bonds. The van der Waals surface area contributed by atoms with Gasteiger partial charge in [0.25, 0.3) is 5.91 Å². The number of likely N-dealkylation sites (N-methyl/N-ethyl adjacent to an activating group) is 1. The van der Waals surface area contributed by atoms with Gasteiger partial charge in [-0.05, 0) is 63.9 Å². The van der Waals surface area contributed by atoms with Gasteiger partial charge in [0.1, 0.15) is 5.75 Å². The van der Waals surface area contributed by atoms with Gasteiger partial charge in [-0.3, -0.25) is 14.5 Å². The highest BCUT2D eigenvalue weighted by Crippen LogP contribution is 2.29. The van der Waals surface area contributed by atoms with Crippen molar-refractivity contribution in [2.45, 2.75) is 83.8 Å². The zero-order valence-corrected chi connectivity index (χ0v) is 26.1. The van der Waals surface area contributed by atoms with Crippen molar-refractivity contribution in [3.8, 4) is 5.75 Å². The maximum atomic E-state index is 14.1. The monoisotopic (exact) mass is 621 g/mol. The maximum Gasteiger partial charge on any atom is 0.389 e. The molecule has 0 aromatic heterocycles. The zero-order chi connectivity index (χ0) is 32.3. The number of hydrogen-bond donors (Lipinski definition) is 2.